The number of nitrogens with one attached hydrogen (secondary N) is 1. The number of aromatic nitrogens is 3. The van der Waals surface area contributed by atoms with Crippen LogP contribution in [0.2, 0.25) is 0 Å². The summed E-state index contributed by atoms with van der Waals surface area (Å²) in [5.41, 5.74) is 1.45. The monoisotopic (exact) mass is 375 g/mol. The smallest absolute Gasteiger partial charge is 0.249 e. The summed E-state index contributed by atoms with van der Waals surface area (Å²) in [6.45, 7) is 6.78. The van der Waals surface area contributed by atoms with Crippen LogP contribution in [0.4, 0.5) is 0 Å². The zero-order valence-corrected chi connectivity index (χ0v) is 15.5. The summed E-state index contributed by atoms with van der Waals surface area (Å²) in [7, 11) is 0. The molecule has 0 saturated carbocycles. The van der Waals surface area contributed by atoms with Crippen LogP contribution in [0.25, 0.3) is 0 Å². The second-order valence-electron chi connectivity index (χ2n) is 7.16. The molecule has 27 heavy (non-hydrogen) atoms. The molecule has 2 atom stereocenters. The van der Waals surface area contributed by atoms with Crippen LogP contribution in [0, 0.1) is 0 Å². The van der Waals surface area contributed by atoms with Gasteiger partial charge in [-0.1, -0.05) is 5.16 Å². The number of carbonyl (C=O) groups excluding carboxylic acids is 1. The van der Waals surface area contributed by atoms with E-state index >= 15 is 0 Å². The van der Waals surface area contributed by atoms with E-state index in [-0.39, 0.29) is 5.91 Å². The van der Waals surface area contributed by atoms with Gasteiger partial charge in [0.05, 0.1) is 26.0 Å². The largest absolute Gasteiger partial charge is 0.370 e. The quantitative estimate of drug-likeness (QED) is 0.789. The van der Waals surface area contributed by atoms with Crippen LogP contribution in [-0.2, 0) is 33.9 Å². The number of morpholine rings is 1. The highest BCUT2D eigenvalue weighted by Gasteiger charge is 2.46. The van der Waals surface area contributed by atoms with E-state index in [1.807, 2.05) is 10.9 Å². The van der Waals surface area contributed by atoms with Crippen LogP contribution in [0.1, 0.15) is 24.6 Å². The zero-order valence-electron chi connectivity index (χ0n) is 15.5. The predicted molar refractivity (Wildman–Crippen MR) is 94.6 cm³/mol. The molecule has 2 aliphatic heterocycles. The Hall–Kier alpha value is -2.23. The van der Waals surface area contributed by atoms with Gasteiger partial charge in [-0.15, -0.1) is 0 Å². The minimum absolute atomic E-state index is 0.139. The first-order chi connectivity index (χ1) is 13.2. The van der Waals surface area contributed by atoms with Crippen molar-refractivity contribution in [2.24, 2.45) is 0 Å². The molecule has 0 bridgehead atoms. The Balaban J connectivity index is 1.31. The van der Waals surface area contributed by atoms with Gasteiger partial charge in [0.1, 0.15) is 23.7 Å². The number of ether oxygens (including phenoxy) is 2. The number of rotatable bonds is 6. The highest BCUT2D eigenvalue weighted by atomic mass is 16.6. The molecule has 2 unspecified atom stereocenters. The van der Waals surface area contributed by atoms with Crippen molar-refractivity contribution in [2.75, 3.05) is 26.3 Å². The van der Waals surface area contributed by atoms with Gasteiger partial charge in [-0.2, -0.15) is 5.10 Å². The molecule has 4 rings (SSSR count). The normalized spacial score (nSPS) is 25.9. The molecule has 2 fully saturated rings. The topological polar surface area (TPSA) is 94.7 Å². The summed E-state index contributed by atoms with van der Waals surface area (Å²) in [5.74, 6) is -0.139. The molecule has 2 aliphatic rings. The van der Waals surface area contributed by atoms with Gasteiger partial charge in [-0.3, -0.25) is 14.4 Å². The molecule has 2 aromatic rings. The van der Waals surface area contributed by atoms with E-state index in [4.69, 9.17) is 14.0 Å². The molecule has 0 radical (unpaired) electrons. The number of hydrogen-bond donors (Lipinski definition) is 1. The Kier molecular flexibility index (Phi) is 5.24. The van der Waals surface area contributed by atoms with Gasteiger partial charge in [0.2, 0.25) is 5.91 Å². The first-order valence-electron chi connectivity index (χ1n) is 9.32. The minimum Gasteiger partial charge on any atom is -0.370 e. The van der Waals surface area contributed by atoms with Crippen molar-refractivity contribution in [1.29, 1.82) is 0 Å². The third kappa shape index (κ3) is 4.20. The molecule has 9 nitrogen and oxygen atoms in total. The minimum atomic E-state index is -0.500. The second-order valence-corrected chi connectivity index (χ2v) is 7.16. The van der Waals surface area contributed by atoms with Crippen LogP contribution >= 0.6 is 0 Å². The van der Waals surface area contributed by atoms with Gasteiger partial charge in [-0.25, -0.2) is 0 Å². The SMILES string of the molecule is CCn1cc(CN2CCOC3(COC(C(=O)NCc4ccon4)C3)C2)cn1. The van der Waals surface area contributed by atoms with E-state index in [9.17, 15) is 4.79 Å². The molecule has 4 heterocycles. The lowest BCUT2D eigenvalue weighted by atomic mass is 9.97. The Morgan fingerprint density at radius 3 is 3.19 bits per heavy atom. The van der Waals surface area contributed by atoms with Crippen LogP contribution in [0.15, 0.2) is 29.2 Å². The third-order valence-corrected chi connectivity index (χ3v) is 5.08. The maximum absolute atomic E-state index is 12.4. The van der Waals surface area contributed by atoms with Crippen LogP contribution < -0.4 is 5.32 Å². The van der Waals surface area contributed by atoms with Crippen LogP contribution in [0.5, 0.6) is 0 Å². The molecule has 1 amide bonds. The van der Waals surface area contributed by atoms with Gasteiger partial charge in [-0.05, 0) is 6.92 Å². The Morgan fingerprint density at radius 1 is 1.48 bits per heavy atom. The van der Waals surface area contributed by atoms with E-state index in [0.29, 0.717) is 31.9 Å². The first-order valence-corrected chi connectivity index (χ1v) is 9.32. The highest BCUT2D eigenvalue weighted by molar-refractivity contribution is 5.81. The Bertz CT molecular complexity index is 762. The number of hydrogen-bond acceptors (Lipinski definition) is 7. The van der Waals surface area contributed by atoms with Crippen molar-refractivity contribution >= 4 is 5.91 Å². The molecular formula is C18H25N5O4. The fourth-order valence-electron chi connectivity index (χ4n) is 3.69. The summed E-state index contributed by atoms with van der Waals surface area (Å²) >= 11 is 0. The van der Waals surface area contributed by atoms with Crippen molar-refractivity contribution in [2.45, 2.75) is 44.7 Å². The summed E-state index contributed by atoms with van der Waals surface area (Å²) in [6, 6.07) is 1.72. The van der Waals surface area contributed by atoms with E-state index < -0.39 is 11.7 Å². The number of amides is 1. The maximum Gasteiger partial charge on any atom is 0.249 e. The van der Waals surface area contributed by atoms with Crippen LogP contribution in [-0.4, -0.2) is 63.8 Å². The Morgan fingerprint density at radius 2 is 2.41 bits per heavy atom. The number of carbonyl (C=O) groups is 1. The molecule has 1 N–H and O–H groups in total. The lowest BCUT2D eigenvalue weighted by Gasteiger charge is -2.39. The number of nitrogens with zero attached hydrogens (tertiary/aromatic N) is 4. The van der Waals surface area contributed by atoms with Crippen LogP contribution in [0.3, 0.4) is 0 Å². The molecule has 0 aromatic carbocycles. The van der Waals surface area contributed by atoms with Crippen molar-refractivity contribution in [3.8, 4) is 0 Å². The fraction of sp³-hybridized carbons (Fsp3) is 0.611. The van der Waals surface area contributed by atoms with Crippen molar-refractivity contribution in [1.82, 2.24) is 25.2 Å². The molecule has 146 valence electrons. The maximum atomic E-state index is 12.4. The average molecular weight is 375 g/mol. The summed E-state index contributed by atoms with van der Waals surface area (Å²) in [4.78, 5) is 14.7. The predicted octanol–water partition coefficient (Wildman–Crippen LogP) is 0.567. The first kappa shape index (κ1) is 18.1. The third-order valence-electron chi connectivity index (χ3n) is 5.08. The van der Waals surface area contributed by atoms with Crippen molar-refractivity contribution in [3.63, 3.8) is 0 Å². The van der Waals surface area contributed by atoms with Crippen molar-refractivity contribution in [3.05, 3.63) is 36.0 Å². The summed E-state index contributed by atoms with van der Waals surface area (Å²) in [6.07, 6.45) is 5.53. The van der Waals surface area contributed by atoms with E-state index in [1.54, 1.807) is 6.07 Å². The van der Waals surface area contributed by atoms with Gasteiger partial charge >= 0.3 is 0 Å². The van der Waals surface area contributed by atoms with Gasteiger partial charge in [0.25, 0.3) is 0 Å². The molecule has 9 heteroatoms. The lowest BCUT2D eigenvalue weighted by Crippen LogP contribution is -2.52. The lowest BCUT2D eigenvalue weighted by molar-refractivity contribution is -0.130. The summed E-state index contributed by atoms with van der Waals surface area (Å²) in [5, 5.41) is 11.0. The molecule has 2 aromatic heterocycles. The fourth-order valence-corrected chi connectivity index (χ4v) is 3.69. The molecule has 0 aliphatic carbocycles. The van der Waals surface area contributed by atoms with E-state index in [1.165, 1.54) is 11.8 Å². The van der Waals surface area contributed by atoms with E-state index in [2.05, 4.69) is 33.6 Å². The second kappa shape index (κ2) is 7.79. The van der Waals surface area contributed by atoms with Crippen molar-refractivity contribution < 1.29 is 18.8 Å². The zero-order chi connectivity index (χ0) is 18.7. The van der Waals surface area contributed by atoms with Gasteiger partial charge < -0.3 is 19.3 Å². The van der Waals surface area contributed by atoms with E-state index in [0.717, 1.165) is 26.2 Å². The highest BCUT2D eigenvalue weighted by Crippen LogP contribution is 2.32. The van der Waals surface area contributed by atoms with Gasteiger partial charge in [0, 0.05) is 50.4 Å². The number of aryl methyl sites for hydroxylation is 1. The molecular weight excluding hydrogens is 350 g/mol. The Labute approximate surface area is 157 Å². The standard InChI is InChI=1S/C18H25N5O4/c1-2-23-11-14(8-20-23)10-22-4-6-26-18(12-22)7-16(25-13-18)17(24)19-9-15-3-5-27-21-15/h3,5,8,11,16H,2,4,6-7,9-10,12-13H2,1H3,(H,19,24). The van der Waals surface area contributed by atoms with Gasteiger partial charge in [0.15, 0.2) is 0 Å². The summed E-state index contributed by atoms with van der Waals surface area (Å²) < 4.78 is 18.5. The molecule has 1 spiro atoms. The average Bonchev–Trinajstić information content (AvgIpc) is 3.41. The molecule has 2 saturated heterocycles.